The van der Waals surface area contributed by atoms with Crippen molar-refractivity contribution >= 4 is 5.91 Å². The predicted octanol–water partition coefficient (Wildman–Crippen LogP) is -0.0208. The lowest BCUT2D eigenvalue weighted by Gasteiger charge is -2.28. The van der Waals surface area contributed by atoms with Gasteiger partial charge in [0.05, 0.1) is 5.92 Å². The van der Waals surface area contributed by atoms with E-state index < -0.39 is 0 Å². The van der Waals surface area contributed by atoms with Crippen LogP contribution in [0.3, 0.4) is 0 Å². The summed E-state index contributed by atoms with van der Waals surface area (Å²) >= 11 is 0. The number of amides is 1. The highest BCUT2D eigenvalue weighted by atomic mass is 16.2. The molecule has 2 rings (SSSR count). The third kappa shape index (κ3) is 1.07. The number of hydrogen-bond acceptors (Lipinski definition) is 2. The minimum atomic E-state index is 0.0428. The monoisotopic (exact) mass is 150 g/mol. The fourth-order valence-electron chi connectivity index (χ4n) is 1.47. The molecule has 2 N–H and O–H groups in total. The van der Waals surface area contributed by atoms with E-state index in [2.05, 4.69) is 16.9 Å². The first-order chi connectivity index (χ1) is 5.38. The standard InChI is InChI=1S/C8H10N2O/c11-8-7-4-2-1-3-6(7)5-9-10-8/h1-4,6-7,9H,5H2,(H,10,11)/t6-,7-/m1/s1. The average molecular weight is 150 g/mol. The van der Waals surface area contributed by atoms with Crippen molar-refractivity contribution in [3.8, 4) is 0 Å². The van der Waals surface area contributed by atoms with Gasteiger partial charge in [-0.05, 0) is 0 Å². The summed E-state index contributed by atoms with van der Waals surface area (Å²) in [6, 6.07) is 0. The summed E-state index contributed by atoms with van der Waals surface area (Å²) in [6.45, 7) is 0.831. The zero-order valence-electron chi connectivity index (χ0n) is 6.08. The van der Waals surface area contributed by atoms with Gasteiger partial charge in [-0.2, -0.15) is 0 Å². The van der Waals surface area contributed by atoms with Gasteiger partial charge < -0.3 is 0 Å². The minimum Gasteiger partial charge on any atom is -0.291 e. The lowest BCUT2D eigenvalue weighted by Crippen LogP contribution is -2.51. The molecule has 0 aromatic heterocycles. The number of rotatable bonds is 0. The molecule has 0 bridgehead atoms. The van der Waals surface area contributed by atoms with Crippen LogP contribution in [-0.2, 0) is 4.79 Å². The number of nitrogens with one attached hydrogen (secondary N) is 2. The van der Waals surface area contributed by atoms with Crippen LogP contribution in [0, 0.1) is 11.8 Å². The van der Waals surface area contributed by atoms with Gasteiger partial charge in [0, 0.05) is 12.5 Å². The van der Waals surface area contributed by atoms with E-state index in [-0.39, 0.29) is 11.8 Å². The third-order valence-electron chi connectivity index (χ3n) is 2.10. The summed E-state index contributed by atoms with van der Waals surface area (Å²) in [5.74, 6) is 0.455. The Balaban J connectivity index is 2.20. The summed E-state index contributed by atoms with van der Waals surface area (Å²) in [6.07, 6.45) is 7.92. The van der Waals surface area contributed by atoms with E-state index in [4.69, 9.17) is 0 Å². The van der Waals surface area contributed by atoms with Crippen LogP contribution in [0.4, 0.5) is 0 Å². The molecule has 1 amide bonds. The predicted molar refractivity (Wildman–Crippen MR) is 41.4 cm³/mol. The summed E-state index contributed by atoms with van der Waals surface area (Å²) in [5, 5.41) is 0. The van der Waals surface area contributed by atoms with E-state index in [1.54, 1.807) is 0 Å². The topological polar surface area (TPSA) is 41.1 Å². The molecule has 58 valence electrons. The van der Waals surface area contributed by atoms with E-state index in [0.717, 1.165) is 6.54 Å². The first kappa shape index (κ1) is 6.61. The Morgan fingerprint density at radius 3 is 3.00 bits per heavy atom. The smallest absolute Gasteiger partial charge is 0.241 e. The van der Waals surface area contributed by atoms with Crippen LogP contribution in [0.1, 0.15) is 0 Å². The van der Waals surface area contributed by atoms with Gasteiger partial charge in [0.2, 0.25) is 5.91 Å². The Morgan fingerprint density at radius 1 is 1.36 bits per heavy atom. The number of hydrazine groups is 1. The average Bonchev–Trinajstić information content (AvgIpc) is 2.06. The zero-order valence-corrected chi connectivity index (χ0v) is 6.08. The Bertz CT molecular complexity index is 232. The molecule has 0 saturated carbocycles. The highest BCUT2D eigenvalue weighted by molar-refractivity contribution is 5.81. The maximum Gasteiger partial charge on any atom is 0.241 e. The molecule has 2 aliphatic rings. The van der Waals surface area contributed by atoms with Crippen LogP contribution in [0.2, 0.25) is 0 Å². The van der Waals surface area contributed by atoms with E-state index in [9.17, 15) is 4.79 Å². The Labute approximate surface area is 65.1 Å². The van der Waals surface area contributed by atoms with Crippen LogP contribution < -0.4 is 10.9 Å². The van der Waals surface area contributed by atoms with Crippen molar-refractivity contribution in [2.75, 3.05) is 6.54 Å². The Morgan fingerprint density at radius 2 is 2.18 bits per heavy atom. The van der Waals surface area contributed by atoms with Gasteiger partial charge in [-0.25, -0.2) is 5.43 Å². The fraction of sp³-hybridized carbons (Fsp3) is 0.375. The van der Waals surface area contributed by atoms with Crippen molar-refractivity contribution in [1.82, 2.24) is 10.9 Å². The van der Waals surface area contributed by atoms with Gasteiger partial charge in [-0.1, -0.05) is 24.3 Å². The van der Waals surface area contributed by atoms with E-state index in [0.29, 0.717) is 5.92 Å². The van der Waals surface area contributed by atoms with Gasteiger partial charge in [-0.15, -0.1) is 0 Å². The van der Waals surface area contributed by atoms with Gasteiger partial charge in [-0.3, -0.25) is 10.2 Å². The van der Waals surface area contributed by atoms with Gasteiger partial charge in [0.1, 0.15) is 0 Å². The number of hydrogen-bond donors (Lipinski definition) is 2. The van der Waals surface area contributed by atoms with Crippen molar-refractivity contribution in [2.45, 2.75) is 0 Å². The highest BCUT2D eigenvalue weighted by Crippen LogP contribution is 2.20. The molecule has 0 aromatic rings. The molecule has 1 aliphatic carbocycles. The molecule has 1 saturated heterocycles. The second-order valence-corrected chi connectivity index (χ2v) is 2.83. The first-order valence-electron chi connectivity index (χ1n) is 3.75. The van der Waals surface area contributed by atoms with E-state index in [1.165, 1.54) is 0 Å². The van der Waals surface area contributed by atoms with Crippen LogP contribution in [0.25, 0.3) is 0 Å². The molecule has 0 radical (unpaired) electrons. The molecule has 1 heterocycles. The minimum absolute atomic E-state index is 0.0428. The SMILES string of the molecule is O=C1NNC[C@H]2C=CC=C[C@@H]12. The molecule has 3 nitrogen and oxygen atoms in total. The van der Waals surface area contributed by atoms with E-state index >= 15 is 0 Å². The molecule has 0 spiro atoms. The summed E-state index contributed by atoms with van der Waals surface area (Å²) in [4.78, 5) is 11.2. The number of carbonyl (C=O) groups excluding carboxylic acids is 1. The molecule has 0 unspecified atom stereocenters. The molecule has 1 aliphatic heterocycles. The second kappa shape index (κ2) is 2.51. The van der Waals surface area contributed by atoms with E-state index in [1.807, 2.05) is 18.2 Å². The largest absolute Gasteiger partial charge is 0.291 e. The van der Waals surface area contributed by atoms with Gasteiger partial charge in [0.25, 0.3) is 0 Å². The molecular weight excluding hydrogens is 140 g/mol. The van der Waals surface area contributed by atoms with Crippen LogP contribution in [0.5, 0.6) is 0 Å². The molecule has 3 heteroatoms. The van der Waals surface area contributed by atoms with Crippen molar-refractivity contribution in [2.24, 2.45) is 11.8 Å². The second-order valence-electron chi connectivity index (χ2n) is 2.83. The Hall–Kier alpha value is -1.09. The number of carbonyl (C=O) groups is 1. The van der Waals surface area contributed by atoms with Crippen LogP contribution >= 0.6 is 0 Å². The van der Waals surface area contributed by atoms with Crippen molar-refractivity contribution < 1.29 is 4.79 Å². The maximum atomic E-state index is 11.2. The molecule has 0 aromatic carbocycles. The highest BCUT2D eigenvalue weighted by Gasteiger charge is 2.28. The van der Waals surface area contributed by atoms with Crippen molar-refractivity contribution in [3.05, 3.63) is 24.3 Å². The first-order valence-corrected chi connectivity index (χ1v) is 3.75. The van der Waals surface area contributed by atoms with Crippen LogP contribution in [0.15, 0.2) is 24.3 Å². The summed E-state index contributed by atoms with van der Waals surface area (Å²) in [5.41, 5.74) is 5.46. The summed E-state index contributed by atoms with van der Waals surface area (Å²) < 4.78 is 0. The maximum absolute atomic E-state index is 11.2. The number of fused-ring (bicyclic) bond motifs is 1. The normalized spacial score (nSPS) is 34.7. The van der Waals surface area contributed by atoms with Crippen molar-refractivity contribution in [1.29, 1.82) is 0 Å². The summed E-state index contributed by atoms with van der Waals surface area (Å²) in [7, 11) is 0. The fourth-order valence-corrected chi connectivity index (χ4v) is 1.47. The lowest BCUT2D eigenvalue weighted by atomic mass is 9.87. The number of allylic oxidation sites excluding steroid dienone is 2. The van der Waals surface area contributed by atoms with Crippen LogP contribution in [-0.4, -0.2) is 12.5 Å². The Kier molecular flexibility index (Phi) is 1.51. The molecule has 2 atom stereocenters. The molecule has 11 heavy (non-hydrogen) atoms. The zero-order chi connectivity index (χ0) is 7.68. The van der Waals surface area contributed by atoms with Gasteiger partial charge in [0.15, 0.2) is 0 Å². The third-order valence-corrected chi connectivity index (χ3v) is 2.10. The quantitative estimate of drug-likeness (QED) is 0.509. The van der Waals surface area contributed by atoms with Gasteiger partial charge >= 0.3 is 0 Å². The lowest BCUT2D eigenvalue weighted by molar-refractivity contribution is -0.127. The van der Waals surface area contributed by atoms with Crippen molar-refractivity contribution in [3.63, 3.8) is 0 Å². The molecular formula is C8H10N2O. The molecule has 1 fully saturated rings.